The molecule has 0 saturated heterocycles. The Kier molecular flexibility index (Phi) is 7.36. The monoisotopic (exact) mass is 464 g/mol. The molecule has 35 heavy (non-hydrogen) atoms. The molecule has 5 heteroatoms. The van der Waals surface area contributed by atoms with Gasteiger partial charge in [-0.25, -0.2) is 0 Å². The number of nitrogen functional groups attached to an aromatic ring is 1. The van der Waals surface area contributed by atoms with Crippen molar-refractivity contribution in [2.75, 3.05) is 5.73 Å². The smallest absolute Gasteiger partial charge is 0.214 e. The fraction of sp³-hybridized carbons (Fsp3) is 0.133. The van der Waals surface area contributed by atoms with Crippen molar-refractivity contribution in [1.82, 2.24) is 0 Å². The van der Waals surface area contributed by atoms with Crippen LogP contribution in [-0.2, 0) is 0 Å². The number of nitrogens with one attached hydrogen (secondary N) is 2. The Labute approximate surface area is 205 Å². The lowest BCUT2D eigenvalue weighted by Gasteiger charge is -2.31. The molecule has 1 fully saturated rings. The summed E-state index contributed by atoms with van der Waals surface area (Å²) in [5.74, 6) is -0.633. The van der Waals surface area contributed by atoms with Gasteiger partial charge in [-0.3, -0.25) is 5.41 Å². The molecule has 0 spiro atoms. The fourth-order valence-corrected chi connectivity index (χ4v) is 4.38. The number of benzene rings is 3. The Bertz CT molecular complexity index is 1310. The molecule has 0 atom stereocenters. The first-order valence-corrected chi connectivity index (χ1v) is 11.7. The van der Waals surface area contributed by atoms with E-state index in [4.69, 9.17) is 22.3 Å². The molecule has 6 N–H and O–H groups in total. The van der Waals surface area contributed by atoms with Gasteiger partial charge in [0.2, 0.25) is 5.97 Å². The summed E-state index contributed by atoms with van der Waals surface area (Å²) >= 11 is 0. The van der Waals surface area contributed by atoms with E-state index in [1.807, 2.05) is 42.5 Å². The Hall–Kier alpha value is -4.25. The predicted molar refractivity (Wildman–Crippen MR) is 145 cm³/mol. The van der Waals surface area contributed by atoms with E-state index >= 15 is 0 Å². The topological polar surface area (TPSA) is 99.7 Å². The van der Waals surface area contributed by atoms with Crippen LogP contribution in [0.3, 0.4) is 0 Å². The van der Waals surface area contributed by atoms with Crippen LogP contribution in [0, 0.1) is 16.7 Å². The molecule has 3 aromatic rings. The molecule has 4 nitrogen and oxygen atoms in total. The lowest BCUT2D eigenvalue weighted by molar-refractivity contribution is 0.401. The van der Waals surface area contributed by atoms with Crippen molar-refractivity contribution in [3.63, 3.8) is 0 Å². The summed E-state index contributed by atoms with van der Waals surface area (Å²) < 4.78 is 14.0. The molecule has 0 unspecified atom stereocenters. The molecule has 0 bridgehead atoms. The van der Waals surface area contributed by atoms with Gasteiger partial charge in [0.1, 0.15) is 0 Å². The Morgan fingerprint density at radius 2 is 1.60 bits per heavy atom. The summed E-state index contributed by atoms with van der Waals surface area (Å²) in [6, 6.07) is 23.8. The predicted octanol–water partition coefficient (Wildman–Crippen LogP) is 6.83. The van der Waals surface area contributed by atoms with Crippen molar-refractivity contribution < 1.29 is 4.39 Å². The average molecular weight is 465 g/mol. The third-order valence-electron chi connectivity index (χ3n) is 6.47. The molecule has 1 aliphatic rings. The normalized spacial score (nSPS) is 14.9. The minimum Gasteiger partial charge on any atom is -0.404 e. The van der Waals surface area contributed by atoms with Crippen LogP contribution in [0.25, 0.3) is 17.2 Å². The second kappa shape index (κ2) is 10.8. The maximum Gasteiger partial charge on any atom is 0.214 e. The molecule has 0 radical (unpaired) electrons. The van der Waals surface area contributed by atoms with Crippen LogP contribution in [0.5, 0.6) is 0 Å². The highest BCUT2D eigenvalue weighted by Gasteiger charge is 2.27. The zero-order valence-corrected chi connectivity index (χ0v) is 19.5. The van der Waals surface area contributed by atoms with Crippen LogP contribution in [0.1, 0.15) is 47.1 Å². The van der Waals surface area contributed by atoms with Gasteiger partial charge >= 0.3 is 0 Å². The first-order valence-electron chi connectivity index (χ1n) is 11.7. The number of rotatable bonds is 8. The summed E-state index contributed by atoms with van der Waals surface area (Å²) in [6.45, 7) is 0. The maximum atomic E-state index is 14.0. The summed E-state index contributed by atoms with van der Waals surface area (Å²) in [7, 11) is 0. The Morgan fingerprint density at radius 1 is 0.914 bits per heavy atom. The molecule has 176 valence electrons. The first-order chi connectivity index (χ1) is 17.0. The van der Waals surface area contributed by atoms with Crippen LogP contribution in [0.15, 0.2) is 90.6 Å². The number of anilines is 1. The second-order valence-corrected chi connectivity index (χ2v) is 8.66. The van der Waals surface area contributed by atoms with E-state index in [0.717, 1.165) is 40.7 Å². The van der Waals surface area contributed by atoms with Gasteiger partial charge < -0.3 is 16.9 Å². The molecule has 4 rings (SSSR count). The van der Waals surface area contributed by atoms with E-state index < -0.39 is 5.97 Å². The standard InChI is InChI=1S/C30H29FN4/c31-30(35)26-17-25(15-16-27(26)34)29(28(23-7-4-8-23)22-5-2-1-3-6-22)24-13-11-20(12-14-24)9-10-21(18-32)19-33/h1-3,5-6,9-19,23,32,35H,4,7-8,33-34H2/b10-9+,21-19-,29-28-,32-18?,35-30?. The minimum absolute atomic E-state index is 0.105. The fourth-order valence-electron chi connectivity index (χ4n) is 4.38. The molecule has 1 saturated carbocycles. The summed E-state index contributed by atoms with van der Waals surface area (Å²) in [5.41, 5.74) is 18.7. The zero-order chi connectivity index (χ0) is 24.8. The van der Waals surface area contributed by atoms with Crippen molar-refractivity contribution in [2.24, 2.45) is 11.7 Å². The average Bonchev–Trinajstić information content (AvgIpc) is 2.85. The van der Waals surface area contributed by atoms with Crippen molar-refractivity contribution in [2.45, 2.75) is 19.3 Å². The lowest BCUT2D eigenvalue weighted by atomic mass is 9.73. The van der Waals surface area contributed by atoms with Gasteiger partial charge in [0.15, 0.2) is 0 Å². The van der Waals surface area contributed by atoms with Gasteiger partial charge in [-0.2, -0.15) is 4.39 Å². The number of allylic oxidation sites excluding steroid dienone is 3. The first kappa shape index (κ1) is 23.9. The van der Waals surface area contributed by atoms with Gasteiger partial charge in [-0.15, -0.1) is 0 Å². The maximum absolute atomic E-state index is 14.0. The summed E-state index contributed by atoms with van der Waals surface area (Å²) in [4.78, 5) is 0. The van der Waals surface area contributed by atoms with Gasteiger partial charge in [0, 0.05) is 23.7 Å². The highest BCUT2D eigenvalue weighted by atomic mass is 19.1. The van der Waals surface area contributed by atoms with E-state index in [9.17, 15) is 4.39 Å². The largest absolute Gasteiger partial charge is 0.404 e. The van der Waals surface area contributed by atoms with Crippen molar-refractivity contribution in [3.8, 4) is 0 Å². The third kappa shape index (κ3) is 5.30. The van der Waals surface area contributed by atoms with Crippen molar-refractivity contribution in [1.29, 1.82) is 10.8 Å². The van der Waals surface area contributed by atoms with E-state index in [2.05, 4.69) is 24.3 Å². The Morgan fingerprint density at radius 3 is 2.17 bits per heavy atom. The van der Waals surface area contributed by atoms with Gasteiger partial charge in [0.25, 0.3) is 0 Å². The van der Waals surface area contributed by atoms with Gasteiger partial charge in [-0.1, -0.05) is 79.2 Å². The van der Waals surface area contributed by atoms with Crippen LogP contribution in [0.2, 0.25) is 0 Å². The zero-order valence-electron chi connectivity index (χ0n) is 19.5. The number of halogens is 1. The lowest BCUT2D eigenvalue weighted by Crippen LogP contribution is -2.15. The van der Waals surface area contributed by atoms with Crippen LogP contribution in [-0.4, -0.2) is 12.2 Å². The van der Waals surface area contributed by atoms with Crippen LogP contribution < -0.4 is 11.5 Å². The third-order valence-corrected chi connectivity index (χ3v) is 6.47. The molecule has 0 amide bonds. The van der Waals surface area contributed by atoms with Crippen molar-refractivity contribution in [3.05, 3.63) is 118 Å². The van der Waals surface area contributed by atoms with Crippen LogP contribution >= 0.6 is 0 Å². The molecule has 0 heterocycles. The van der Waals surface area contributed by atoms with E-state index in [1.165, 1.54) is 24.4 Å². The quantitative estimate of drug-likeness (QED) is 0.127. The van der Waals surface area contributed by atoms with Crippen LogP contribution in [0.4, 0.5) is 10.1 Å². The number of hydrogen-bond acceptors (Lipinski definition) is 4. The molecule has 3 aromatic carbocycles. The summed E-state index contributed by atoms with van der Waals surface area (Å²) in [6.07, 6.45) is 9.70. The SMILES string of the molecule is N=CC(=C\N)/C=C/c1ccc(/C(=C(\c2ccccc2)C2CCC2)c2ccc(N)c(C(=N)F)c2)cc1. The number of nitrogens with two attached hydrogens (primary N) is 2. The van der Waals surface area contributed by atoms with Gasteiger partial charge in [0.05, 0.1) is 5.56 Å². The van der Waals surface area contributed by atoms with E-state index in [1.54, 1.807) is 18.2 Å². The molecule has 1 aliphatic carbocycles. The molecule has 0 aliphatic heterocycles. The highest BCUT2D eigenvalue weighted by molar-refractivity contribution is 6.03. The summed E-state index contributed by atoms with van der Waals surface area (Å²) in [5, 5.41) is 14.9. The van der Waals surface area contributed by atoms with Gasteiger partial charge in [-0.05, 0) is 64.3 Å². The van der Waals surface area contributed by atoms with Crippen molar-refractivity contribution >= 4 is 35.1 Å². The number of hydrogen-bond donors (Lipinski definition) is 4. The minimum atomic E-state index is -1.04. The van der Waals surface area contributed by atoms with E-state index in [-0.39, 0.29) is 11.3 Å². The molecule has 0 aromatic heterocycles. The molecular weight excluding hydrogens is 435 g/mol. The Balaban J connectivity index is 1.90. The van der Waals surface area contributed by atoms with E-state index in [0.29, 0.717) is 11.5 Å². The highest BCUT2D eigenvalue weighted by Crippen LogP contribution is 2.45. The second-order valence-electron chi connectivity index (χ2n) is 8.66. The molecular formula is C30H29FN4.